The summed E-state index contributed by atoms with van der Waals surface area (Å²) in [6, 6.07) is 43.6. The molecule has 0 atom stereocenters. The molecule has 0 saturated carbocycles. The summed E-state index contributed by atoms with van der Waals surface area (Å²) in [5, 5.41) is 8.22. The second-order valence-electron chi connectivity index (χ2n) is 9.37. The molecule has 1 heterocycles. The van der Waals surface area contributed by atoms with E-state index in [0.29, 0.717) is 5.56 Å². The van der Waals surface area contributed by atoms with Crippen LogP contribution in [0.15, 0.2) is 143 Å². The molecule has 1 aromatic heterocycles. The van der Waals surface area contributed by atoms with Gasteiger partial charge in [0.05, 0.1) is 21.3 Å². The van der Waals surface area contributed by atoms with Crippen LogP contribution in [0.25, 0.3) is 37.3 Å². The molecule has 0 radical (unpaired) electrons. The first kappa shape index (κ1) is 26.6. The van der Waals surface area contributed by atoms with Crippen molar-refractivity contribution in [2.75, 3.05) is 11.6 Å². The third kappa shape index (κ3) is 5.40. The van der Waals surface area contributed by atoms with Crippen LogP contribution in [-0.4, -0.2) is 16.1 Å². The van der Waals surface area contributed by atoms with Gasteiger partial charge in [0.2, 0.25) is 0 Å². The first-order valence-electron chi connectivity index (χ1n) is 13.2. The van der Waals surface area contributed by atoms with Crippen LogP contribution >= 0.6 is 23.3 Å². The van der Waals surface area contributed by atoms with Crippen molar-refractivity contribution < 1.29 is 4.79 Å². The Hall–Kier alpha value is -4.65. The zero-order valence-electron chi connectivity index (χ0n) is 22.3. The molecule has 0 spiro atoms. The Morgan fingerprint density at radius 2 is 1.24 bits per heavy atom. The monoisotopic (exact) mass is 570 g/mol. The Kier molecular flexibility index (Phi) is 7.67. The van der Waals surface area contributed by atoms with Crippen molar-refractivity contribution in [2.45, 2.75) is 4.90 Å². The minimum Gasteiger partial charge on any atom is -0.321 e. The molecule has 1 amide bonds. The van der Waals surface area contributed by atoms with Crippen LogP contribution in [0.4, 0.5) is 5.69 Å². The van der Waals surface area contributed by atoms with E-state index in [9.17, 15) is 9.59 Å². The third-order valence-corrected chi connectivity index (χ3v) is 8.76. The summed E-state index contributed by atoms with van der Waals surface area (Å²) in [6.45, 7) is 0. The summed E-state index contributed by atoms with van der Waals surface area (Å²) in [7, 11) is 0. The predicted molar refractivity (Wildman–Crippen MR) is 175 cm³/mol. The van der Waals surface area contributed by atoms with Crippen molar-refractivity contribution in [1.29, 1.82) is 0 Å². The molecule has 0 saturated heterocycles. The Bertz CT molecular complexity index is 2070. The minimum atomic E-state index is -0.0729. The maximum atomic E-state index is 12.5. The van der Waals surface area contributed by atoms with Gasteiger partial charge < -0.3 is 5.32 Å². The highest BCUT2D eigenvalue weighted by atomic mass is 32.2. The molecule has 6 aromatic carbocycles. The quantitative estimate of drug-likeness (QED) is 0.215. The summed E-state index contributed by atoms with van der Waals surface area (Å²) < 4.78 is 2.80. The van der Waals surface area contributed by atoms with Crippen molar-refractivity contribution in [3.8, 4) is 5.69 Å². The lowest BCUT2D eigenvalue weighted by molar-refractivity contribution is 0.102. The number of carbonyl (C=O) groups is 1. The number of hydrogen-bond acceptors (Lipinski definition) is 4. The van der Waals surface area contributed by atoms with Gasteiger partial charge in [-0.15, -0.1) is 11.8 Å². The maximum absolute atomic E-state index is 12.5. The van der Waals surface area contributed by atoms with E-state index in [-0.39, 0.29) is 11.5 Å². The molecule has 6 heteroatoms. The number of carbonyl (C=O) groups excluding carboxylic acids is 1. The highest BCUT2D eigenvalue weighted by Gasteiger charge is 2.12. The van der Waals surface area contributed by atoms with Crippen LogP contribution in [-0.2, 0) is 0 Å². The zero-order chi connectivity index (χ0) is 28.2. The second-order valence-corrected chi connectivity index (χ2v) is 11.2. The molecule has 0 unspecified atom stereocenters. The standard InChI is InChI=1S/C18H15NOS.C17H11NOS/c1-21-17-12-5-4-10-15(17)18(20)19-16-11-6-8-13-7-2-3-9-14(13)16;19-17-14-9-3-4-11-16(14)20-18(17)15-10-5-7-12-6-1-2-8-13(12)15/h2-12H,1H3,(H,19,20);1-11H. The molecule has 4 nitrogen and oxygen atoms in total. The van der Waals surface area contributed by atoms with Gasteiger partial charge >= 0.3 is 0 Å². The number of nitrogens with zero attached hydrogens (tertiary/aromatic N) is 1. The van der Waals surface area contributed by atoms with Gasteiger partial charge in [0.1, 0.15) is 0 Å². The molecule has 7 aromatic rings. The molecule has 0 fully saturated rings. The van der Waals surface area contributed by atoms with Crippen LogP contribution in [0.1, 0.15) is 10.4 Å². The molecule has 0 aliphatic rings. The lowest BCUT2D eigenvalue weighted by Crippen LogP contribution is -2.13. The molecule has 200 valence electrons. The van der Waals surface area contributed by atoms with Crippen molar-refractivity contribution in [1.82, 2.24) is 3.96 Å². The van der Waals surface area contributed by atoms with Crippen molar-refractivity contribution in [3.63, 3.8) is 0 Å². The fraction of sp³-hybridized carbons (Fsp3) is 0.0286. The minimum absolute atomic E-state index is 0.0574. The Labute approximate surface area is 246 Å². The maximum Gasteiger partial charge on any atom is 0.273 e. The molecule has 0 aliphatic carbocycles. The number of thioether (sulfide) groups is 1. The Balaban J connectivity index is 0.000000148. The first-order valence-corrected chi connectivity index (χ1v) is 15.2. The zero-order valence-corrected chi connectivity index (χ0v) is 23.9. The van der Waals surface area contributed by atoms with Gasteiger partial charge in [-0.25, -0.2) is 3.96 Å². The van der Waals surface area contributed by atoms with Crippen LogP contribution < -0.4 is 10.9 Å². The number of anilines is 1. The van der Waals surface area contributed by atoms with Crippen LogP contribution in [0.2, 0.25) is 0 Å². The fourth-order valence-electron chi connectivity index (χ4n) is 4.87. The predicted octanol–water partition coefficient (Wildman–Crippen LogP) is 9.02. The smallest absolute Gasteiger partial charge is 0.273 e. The van der Waals surface area contributed by atoms with Crippen LogP contribution in [0.5, 0.6) is 0 Å². The van der Waals surface area contributed by atoms with Crippen LogP contribution in [0, 0.1) is 0 Å². The van der Waals surface area contributed by atoms with E-state index < -0.39 is 0 Å². The SMILES string of the molecule is CSc1ccccc1C(=O)Nc1cccc2ccccc12.O=c1c2ccccc2sn1-c1cccc2ccccc12. The van der Waals surface area contributed by atoms with E-state index in [1.54, 1.807) is 15.7 Å². The van der Waals surface area contributed by atoms with Gasteiger partial charge in [-0.2, -0.15) is 0 Å². The Morgan fingerprint density at radius 1 is 0.659 bits per heavy atom. The highest BCUT2D eigenvalue weighted by Crippen LogP contribution is 2.27. The second kappa shape index (κ2) is 11.8. The molecule has 41 heavy (non-hydrogen) atoms. The van der Waals surface area contributed by atoms with E-state index in [0.717, 1.165) is 47.9 Å². The van der Waals surface area contributed by atoms with Crippen molar-refractivity contribution >= 4 is 66.5 Å². The average molecular weight is 571 g/mol. The van der Waals surface area contributed by atoms with Gasteiger partial charge in [0, 0.05) is 21.4 Å². The lowest BCUT2D eigenvalue weighted by atomic mass is 10.1. The number of aromatic nitrogens is 1. The summed E-state index contributed by atoms with van der Waals surface area (Å²) in [5.41, 5.74) is 2.56. The normalized spacial score (nSPS) is 10.9. The number of hydrogen-bond donors (Lipinski definition) is 1. The van der Waals surface area contributed by atoms with Gasteiger partial charge in [-0.3, -0.25) is 9.59 Å². The topological polar surface area (TPSA) is 51.1 Å². The van der Waals surface area contributed by atoms with E-state index >= 15 is 0 Å². The highest BCUT2D eigenvalue weighted by molar-refractivity contribution is 7.98. The van der Waals surface area contributed by atoms with Gasteiger partial charge in [0.15, 0.2) is 0 Å². The number of rotatable bonds is 4. The number of amides is 1. The van der Waals surface area contributed by atoms with Crippen molar-refractivity contribution in [2.24, 2.45) is 0 Å². The summed E-state index contributed by atoms with van der Waals surface area (Å²) in [5.74, 6) is -0.0729. The number of fused-ring (bicyclic) bond motifs is 3. The van der Waals surface area contributed by atoms with E-state index in [4.69, 9.17) is 0 Å². The molecule has 7 rings (SSSR count). The molecular weight excluding hydrogens is 545 g/mol. The summed E-state index contributed by atoms with van der Waals surface area (Å²) in [6.07, 6.45) is 1.98. The van der Waals surface area contributed by atoms with Crippen molar-refractivity contribution in [3.05, 3.63) is 149 Å². The average Bonchev–Trinajstić information content (AvgIpc) is 3.37. The molecule has 0 bridgehead atoms. The van der Waals surface area contributed by atoms with E-state index in [1.807, 2.05) is 122 Å². The van der Waals surface area contributed by atoms with Crippen LogP contribution in [0.3, 0.4) is 0 Å². The number of nitrogens with one attached hydrogen (secondary N) is 1. The largest absolute Gasteiger partial charge is 0.321 e. The molecular formula is C35H26N2O2S2. The third-order valence-electron chi connectivity index (χ3n) is 6.87. The van der Waals surface area contributed by atoms with Gasteiger partial charge in [-0.1, -0.05) is 109 Å². The summed E-state index contributed by atoms with van der Waals surface area (Å²) >= 11 is 3.07. The summed E-state index contributed by atoms with van der Waals surface area (Å²) in [4.78, 5) is 26.0. The van der Waals surface area contributed by atoms with E-state index in [1.165, 1.54) is 11.5 Å². The van der Waals surface area contributed by atoms with Gasteiger partial charge in [0.25, 0.3) is 11.5 Å². The van der Waals surface area contributed by atoms with Gasteiger partial charge in [-0.05, 0) is 53.4 Å². The lowest BCUT2D eigenvalue weighted by Gasteiger charge is -2.10. The first-order chi connectivity index (χ1) is 20.1. The van der Waals surface area contributed by atoms with E-state index in [2.05, 4.69) is 23.5 Å². The molecule has 1 N–H and O–H groups in total. The number of benzene rings is 6. The Morgan fingerprint density at radius 3 is 2.00 bits per heavy atom. The fourth-order valence-corrected chi connectivity index (χ4v) is 6.50. The molecule has 0 aliphatic heterocycles.